The standard InChI is InChI=1S/C12H11Cl2N7O3S/c13-7-1-2-8(14)9(5-7)16-12(25)18-17-10(22)3-4-20-6-15-11(19-20)21(23)24/h1-2,5-6H,3-4H2,(H,17,22)(H2,16,18,25). The highest BCUT2D eigenvalue weighted by molar-refractivity contribution is 7.80. The number of halogens is 2. The van der Waals surface area contributed by atoms with E-state index >= 15 is 0 Å². The number of aryl methyl sites for hydroxylation is 1. The summed E-state index contributed by atoms with van der Waals surface area (Å²) in [4.78, 5) is 25.0. The third-order valence-corrected chi connectivity index (χ3v) is 3.52. The van der Waals surface area contributed by atoms with E-state index < -0.39 is 16.8 Å². The fourth-order valence-electron chi connectivity index (χ4n) is 1.63. The van der Waals surface area contributed by atoms with Gasteiger partial charge in [-0.25, -0.2) is 0 Å². The fourth-order valence-corrected chi connectivity index (χ4v) is 2.13. The van der Waals surface area contributed by atoms with Gasteiger partial charge in [0.1, 0.15) is 0 Å². The van der Waals surface area contributed by atoms with Crippen molar-refractivity contribution in [2.45, 2.75) is 13.0 Å². The van der Waals surface area contributed by atoms with Gasteiger partial charge in [-0.3, -0.25) is 15.6 Å². The molecular formula is C12H11Cl2N7O3S. The summed E-state index contributed by atoms with van der Waals surface area (Å²) >= 11 is 16.9. The summed E-state index contributed by atoms with van der Waals surface area (Å²) in [6, 6.07) is 4.81. The second-order valence-electron chi connectivity index (χ2n) is 4.57. The monoisotopic (exact) mass is 403 g/mol. The van der Waals surface area contributed by atoms with E-state index in [1.165, 1.54) is 11.0 Å². The van der Waals surface area contributed by atoms with Crippen molar-refractivity contribution >= 4 is 58.1 Å². The van der Waals surface area contributed by atoms with E-state index in [2.05, 4.69) is 26.3 Å². The van der Waals surface area contributed by atoms with Crippen molar-refractivity contribution in [3.8, 4) is 0 Å². The molecule has 2 rings (SSSR count). The summed E-state index contributed by atoms with van der Waals surface area (Å²) in [5.74, 6) is -0.929. The van der Waals surface area contributed by atoms with Crippen LogP contribution >= 0.6 is 35.4 Å². The molecular weight excluding hydrogens is 393 g/mol. The number of anilines is 1. The maximum Gasteiger partial charge on any atom is 0.490 e. The predicted molar refractivity (Wildman–Crippen MR) is 95.3 cm³/mol. The normalized spacial score (nSPS) is 10.2. The summed E-state index contributed by atoms with van der Waals surface area (Å²) in [5, 5.41) is 17.8. The molecule has 13 heteroatoms. The first-order chi connectivity index (χ1) is 11.8. The Labute approximate surface area is 156 Å². The molecule has 0 spiro atoms. The third kappa shape index (κ3) is 5.81. The minimum atomic E-state index is -0.719. The highest BCUT2D eigenvalue weighted by atomic mass is 35.5. The lowest BCUT2D eigenvalue weighted by Gasteiger charge is -2.12. The van der Waals surface area contributed by atoms with Crippen LogP contribution in [0.15, 0.2) is 24.5 Å². The highest BCUT2D eigenvalue weighted by Gasteiger charge is 2.13. The Balaban J connectivity index is 1.76. The third-order valence-electron chi connectivity index (χ3n) is 2.75. The fraction of sp³-hybridized carbons (Fsp3) is 0.167. The summed E-state index contributed by atoms with van der Waals surface area (Å²) in [6.45, 7) is 0.120. The first-order valence-electron chi connectivity index (χ1n) is 6.70. The zero-order valence-corrected chi connectivity index (χ0v) is 14.7. The second kappa shape index (κ2) is 8.55. The molecule has 0 aliphatic carbocycles. The number of carbonyl (C=O) groups excluding carboxylic acids is 1. The predicted octanol–water partition coefficient (Wildman–Crippen LogP) is 1.90. The maximum absolute atomic E-state index is 11.7. The van der Waals surface area contributed by atoms with Gasteiger partial charge in [-0.15, -0.1) is 0 Å². The molecule has 0 aliphatic rings. The molecule has 0 bridgehead atoms. The number of hydrogen-bond donors (Lipinski definition) is 3. The molecule has 2 aromatic rings. The number of benzene rings is 1. The van der Waals surface area contributed by atoms with Gasteiger partial charge < -0.3 is 15.4 Å². The largest absolute Gasteiger partial charge is 0.490 e. The minimum Gasteiger partial charge on any atom is -0.390 e. The van der Waals surface area contributed by atoms with Gasteiger partial charge in [-0.05, 0) is 35.3 Å². The molecule has 1 aromatic carbocycles. The van der Waals surface area contributed by atoms with Crippen LogP contribution in [0.5, 0.6) is 0 Å². The van der Waals surface area contributed by atoms with Gasteiger partial charge in [0.15, 0.2) is 5.11 Å². The van der Waals surface area contributed by atoms with E-state index in [1.807, 2.05) is 0 Å². The van der Waals surface area contributed by atoms with Crippen molar-refractivity contribution in [2.75, 3.05) is 5.32 Å². The van der Waals surface area contributed by atoms with Crippen LogP contribution in [0.3, 0.4) is 0 Å². The first-order valence-corrected chi connectivity index (χ1v) is 7.86. The number of nitrogens with one attached hydrogen (secondary N) is 3. The Kier molecular flexibility index (Phi) is 6.44. The average Bonchev–Trinajstić information content (AvgIpc) is 3.04. The molecule has 0 saturated heterocycles. The van der Waals surface area contributed by atoms with Crippen LogP contribution in [-0.4, -0.2) is 30.7 Å². The number of amides is 1. The summed E-state index contributed by atoms with van der Waals surface area (Å²) < 4.78 is 1.19. The van der Waals surface area contributed by atoms with Gasteiger partial charge in [0.05, 0.1) is 17.3 Å². The number of nitrogens with zero attached hydrogens (tertiary/aromatic N) is 4. The Hall–Kier alpha value is -2.50. The van der Waals surface area contributed by atoms with Gasteiger partial charge in [0.2, 0.25) is 12.2 Å². The van der Waals surface area contributed by atoms with Crippen LogP contribution < -0.4 is 16.2 Å². The van der Waals surface area contributed by atoms with Gasteiger partial charge in [-0.2, -0.15) is 4.68 Å². The number of rotatable bonds is 5. The van der Waals surface area contributed by atoms with Crippen LogP contribution in [0.2, 0.25) is 10.0 Å². The number of hydrogen-bond acceptors (Lipinski definition) is 6. The minimum absolute atomic E-state index is 0.00799. The number of hydrazine groups is 1. The molecule has 0 unspecified atom stereocenters. The molecule has 1 amide bonds. The summed E-state index contributed by atoms with van der Waals surface area (Å²) in [7, 11) is 0. The van der Waals surface area contributed by atoms with Crippen LogP contribution in [0.4, 0.5) is 11.6 Å². The van der Waals surface area contributed by atoms with Crippen molar-refractivity contribution in [1.29, 1.82) is 0 Å². The van der Waals surface area contributed by atoms with Crippen LogP contribution in [0, 0.1) is 10.1 Å². The molecule has 0 atom stereocenters. The zero-order valence-electron chi connectivity index (χ0n) is 12.4. The van der Waals surface area contributed by atoms with E-state index in [4.69, 9.17) is 35.4 Å². The molecule has 0 radical (unpaired) electrons. The SMILES string of the molecule is O=C(CCn1cnc([N+](=O)[O-])n1)NNC(=S)Nc1cc(Cl)ccc1Cl. The lowest BCUT2D eigenvalue weighted by Crippen LogP contribution is -2.44. The molecule has 25 heavy (non-hydrogen) atoms. The smallest absolute Gasteiger partial charge is 0.390 e. The van der Waals surface area contributed by atoms with Gasteiger partial charge in [0, 0.05) is 16.5 Å². The highest BCUT2D eigenvalue weighted by Crippen LogP contribution is 2.25. The molecule has 1 aromatic heterocycles. The Morgan fingerprint density at radius 3 is 2.80 bits per heavy atom. The van der Waals surface area contributed by atoms with Crippen molar-refractivity contribution < 1.29 is 9.72 Å². The molecule has 1 heterocycles. The number of carbonyl (C=O) groups is 1. The number of aromatic nitrogens is 3. The van der Waals surface area contributed by atoms with Gasteiger partial charge >= 0.3 is 5.95 Å². The number of thiocarbonyl (C=S) groups is 1. The first kappa shape index (κ1) is 18.8. The van der Waals surface area contributed by atoms with Crippen LogP contribution in [0.1, 0.15) is 6.42 Å². The Morgan fingerprint density at radius 2 is 2.12 bits per heavy atom. The molecule has 3 N–H and O–H groups in total. The lowest BCUT2D eigenvalue weighted by atomic mass is 10.3. The van der Waals surface area contributed by atoms with Crippen molar-refractivity contribution in [1.82, 2.24) is 25.6 Å². The maximum atomic E-state index is 11.7. The molecule has 0 saturated carbocycles. The van der Waals surface area contributed by atoms with Gasteiger partial charge in [0.25, 0.3) is 0 Å². The Bertz CT molecular complexity index is 814. The summed E-state index contributed by atoms with van der Waals surface area (Å²) in [6.07, 6.45) is 1.18. The number of nitro groups is 1. The van der Waals surface area contributed by atoms with Crippen molar-refractivity contribution in [2.24, 2.45) is 0 Å². The van der Waals surface area contributed by atoms with E-state index in [0.29, 0.717) is 15.7 Å². The van der Waals surface area contributed by atoms with Crippen molar-refractivity contribution in [3.63, 3.8) is 0 Å². The van der Waals surface area contributed by atoms with Crippen LogP contribution in [0.25, 0.3) is 0 Å². The molecule has 132 valence electrons. The quantitative estimate of drug-likeness (QED) is 0.392. The topological polar surface area (TPSA) is 127 Å². The molecule has 0 fully saturated rings. The van der Waals surface area contributed by atoms with Crippen molar-refractivity contribution in [3.05, 3.63) is 44.7 Å². The average molecular weight is 404 g/mol. The second-order valence-corrected chi connectivity index (χ2v) is 5.82. The van der Waals surface area contributed by atoms with E-state index in [1.54, 1.807) is 18.2 Å². The lowest BCUT2D eigenvalue weighted by molar-refractivity contribution is -0.394. The summed E-state index contributed by atoms with van der Waals surface area (Å²) in [5.41, 5.74) is 5.36. The van der Waals surface area contributed by atoms with E-state index in [9.17, 15) is 14.9 Å². The van der Waals surface area contributed by atoms with E-state index in [0.717, 1.165) is 0 Å². The zero-order chi connectivity index (χ0) is 18.4. The molecule has 0 aliphatic heterocycles. The van der Waals surface area contributed by atoms with Gasteiger partial charge in [-0.1, -0.05) is 28.2 Å². The molecule has 10 nitrogen and oxygen atoms in total. The van der Waals surface area contributed by atoms with E-state index in [-0.39, 0.29) is 18.1 Å². The van der Waals surface area contributed by atoms with Crippen LogP contribution in [-0.2, 0) is 11.3 Å². The Morgan fingerprint density at radius 1 is 1.36 bits per heavy atom.